The molecule has 0 aliphatic carbocycles. The van der Waals surface area contributed by atoms with Gasteiger partial charge in [0.25, 0.3) is 11.7 Å². The van der Waals surface area contributed by atoms with Crippen LogP contribution < -0.4 is 4.90 Å². The lowest BCUT2D eigenvalue weighted by Gasteiger charge is -2.21. The zero-order valence-electron chi connectivity index (χ0n) is 14.3. The molecular weight excluding hydrogens is 379 g/mol. The predicted molar refractivity (Wildman–Crippen MR) is 90.5 cm³/mol. The number of halogens is 3. The minimum absolute atomic E-state index is 0.163. The second-order valence-corrected chi connectivity index (χ2v) is 6.41. The van der Waals surface area contributed by atoms with Crippen molar-refractivity contribution in [3.05, 3.63) is 53.6 Å². The number of anilines is 1. The number of alkyl halides is 3. The number of ether oxygens (including phenoxy) is 2. The van der Waals surface area contributed by atoms with Crippen molar-refractivity contribution >= 4 is 17.6 Å². The maximum absolute atomic E-state index is 12.8. The molecule has 0 atom stereocenters. The van der Waals surface area contributed by atoms with E-state index in [0.717, 1.165) is 17.0 Å². The number of fused-ring (bicyclic) bond motifs is 2. The monoisotopic (exact) mass is 393 g/mol. The van der Waals surface area contributed by atoms with E-state index >= 15 is 0 Å². The molecule has 28 heavy (non-hydrogen) atoms. The number of amides is 1. The molecule has 146 valence electrons. The van der Waals surface area contributed by atoms with Crippen LogP contribution in [0.3, 0.4) is 0 Å². The van der Waals surface area contributed by atoms with E-state index in [-0.39, 0.29) is 13.2 Å². The first-order chi connectivity index (χ1) is 13.2. The number of hydrogen-bond donors (Lipinski definition) is 1. The number of nitrogens with zero attached hydrogens (tertiary/aromatic N) is 1. The highest BCUT2D eigenvalue weighted by Gasteiger charge is 2.56. The van der Waals surface area contributed by atoms with E-state index in [1.807, 2.05) is 0 Å². The van der Waals surface area contributed by atoms with Crippen molar-refractivity contribution in [2.24, 2.45) is 0 Å². The lowest BCUT2D eigenvalue weighted by molar-refractivity contribution is -0.181. The third kappa shape index (κ3) is 2.83. The van der Waals surface area contributed by atoms with Crippen LogP contribution in [0.5, 0.6) is 0 Å². The van der Waals surface area contributed by atoms with Gasteiger partial charge in [-0.3, -0.25) is 14.5 Å². The minimum Gasteiger partial charge on any atom is -0.480 e. The molecule has 1 spiro atoms. The largest absolute Gasteiger partial charge is 0.480 e. The van der Waals surface area contributed by atoms with Crippen molar-refractivity contribution in [3.63, 3.8) is 0 Å². The molecule has 1 saturated heterocycles. The van der Waals surface area contributed by atoms with Gasteiger partial charge in [0.1, 0.15) is 6.54 Å². The summed E-state index contributed by atoms with van der Waals surface area (Å²) in [7, 11) is 0. The average molecular weight is 393 g/mol. The Morgan fingerprint density at radius 2 is 1.68 bits per heavy atom. The van der Waals surface area contributed by atoms with Gasteiger partial charge >= 0.3 is 12.1 Å². The number of hydrogen-bond acceptors (Lipinski definition) is 4. The average Bonchev–Trinajstić information content (AvgIpc) is 3.22. The highest BCUT2D eigenvalue weighted by Crippen LogP contribution is 2.47. The van der Waals surface area contributed by atoms with Gasteiger partial charge in [0.15, 0.2) is 0 Å². The fourth-order valence-corrected chi connectivity index (χ4v) is 3.45. The summed E-state index contributed by atoms with van der Waals surface area (Å²) in [6.45, 7) is -0.229. The lowest BCUT2D eigenvalue weighted by Crippen LogP contribution is -2.43. The Labute approximate surface area is 157 Å². The maximum Gasteiger partial charge on any atom is 0.416 e. The quantitative estimate of drug-likeness (QED) is 0.868. The topological polar surface area (TPSA) is 76.1 Å². The molecule has 2 aliphatic heterocycles. The van der Waals surface area contributed by atoms with Gasteiger partial charge in [0, 0.05) is 5.56 Å². The molecule has 6 nitrogen and oxygen atoms in total. The van der Waals surface area contributed by atoms with Crippen LogP contribution in [-0.2, 0) is 31.0 Å². The molecule has 2 heterocycles. The molecule has 2 aromatic carbocycles. The molecule has 2 aliphatic rings. The van der Waals surface area contributed by atoms with Crippen LogP contribution in [0.15, 0.2) is 42.5 Å². The first-order valence-corrected chi connectivity index (χ1v) is 8.36. The second kappa shape index (κ2) is 6.32. The highest BCUT2D eigenvalue weighted by atomic mass is 19.4. The van der Waals surface area contributed by atoms with Crippen molar-refractivity contribution in [3.8, 4) is 11.1 Å². The van der Waals surface area contributed by atoms with Gasteiger partial charge in [-0.1, -0.05) is 18.2 Å². The Bertz CT molecular complexity index is 949. The molecule has 0 bridgehead atoms. The van der Waals surface area contributed by atoms with Crippen LogP contribution >= 0.6 is 0 Å². The zero-order valence-corrected chi connectivity index (χ0v) is 14.3. The smallest absolute Gasteiger partial charge is 0.416 e. The Balaban J connectivity index is 1.77. The lowest BCUT2D eigenvalue weighted by atomic mass is 9.98. The summed E-state index contributed by atoms with van der Waals surface area (Å²) in [5.74, 6) is -3.54. The third-order valence-electron chi connectivity index (χ3n) is 4.70. The van der Waals surface area contributed by atoms with E-state index in [9.17, 15) is 22.8 Å². The van der Waals surface area contributed by atoms with Crippen LogP contribution in [0.2, 0.25) is 0 Å². The van der Waals surface area contributed by atoms with Gasteiger partial charge in [-0.2, -0.15) is 13.2 Å². The third-order valence-corrected chi connectivity index (χ3v) is 4.70. The van der Waals surface area contributed by atoms with Gasteiger partial charge < -0.3 is 14.6 Å². The first-order valence-electron chi connectivity index (χ1n) is 8.36. The van der Waals surface area contributed by atoms with Gasteiger partial charge in [-0.05, 0) is 35.4 Å². The van der Waals surface area contributed by atoms with Crippen LogP contribution in [0.25, 0.3) is 11.1 Å². The summed E-state index contributed by atoms with van der Waals surface area (Å²) >= 11 is 0. The van der Waals surface area contributed by atoms with Gasteiger partial charge in [-0.25, -0.2) is 0 Å². The summed E-state index contributed by atoms with van der Waals surface area (Å²) in [5.41, 5.74) is 0.974. The summed E-state index contributed by atoms with van der Waals surface area (Å²) in [4.78, 5) is 25.0. The van der Waals surface area contributed by atoms with Gasteiger partial charge in [0.05, 0.1) is 24.5 Å². The molecule has 0 unspecified atom stereocenters. The number of rotatable bonds is 3. The zero-order chi connectivity index (χ0) is 20.1. The van der Waals surface area contributed by atoms with Gasteiger partial charge in [-0.15, -0.1) is 0 Å². The number of carboxylic acid groups (broad SMARTS) is 1. The molecule has 0 radical (unpaired) electrons. The maximum atomic E-state index is 12.8. The number of carboxylic acids is 1. The van der Waals surface area contributed by atoms with E-state index in [1.165, 1.54) is 12.1 Å². The Morgan fingerprint density at radius 3 is 2.25 bits per heavy atom. The van der Waals surface area contributed by atoms with Crippen LogP contribution in [0.4, 0.5) is 18.9 Å². The number of carbonyl (C=O) groups excluding carboxylic acids is 1. The molecule has 9 heteroatoms. The summed E-state index contributed by atoms with van der Waals surface area (Å²) in [6, 6.07) is 9.35. The van der Waals surface area contributed by atoms with Crippen molar-refractivity contribution in [2.75, 3.05) is 24.7 Å². The SMILES string of the molecule is O=C(O)CN1C(=O)C2(OCCO2)c2cc(-c3ccc(C(F)(F)F)cc3)ccc21. The summed E-state index contributed by atoms with van der Waals surface area (Å²) in [5, 5.41) is 9.11. The Morgan fingerprint density at radius 1 is 1.07 bits per heavy atom. The normalized spacial score (nSPS) is 18.0. The van der Waals surface area contributed by atoms with Gasteiger partial charge in [0.2, 0.25) is 0 Å². The van der Waals surface area contributed by atoms with E-state index in [4.69, 9.17) is 14.6 Å². The number of aliphatic carboxylic acids is 1. The fraction of sp³-hybridized carbons (Fsp3) is 0.263. The van der Waals surface area contributed by atoms with E-state index in [0.29, 0.717) is 22.4 Å². The van der Waals surface area contributed by atoms with E-state index < -0.39 is 35.9 Å². The second-order valence-electron chi connectivity index (χ2n) is 6.41. The first kappa shape index (κ1) is 18.5. The van der Waals surface area contributed by atoms with Crippen molar-refractivity contribution < 1.29 is 37.3 Å². The summed E-state index contributed by atoms with van der Waals surface area (Å²) in [6.07, 6.45) is -4.43. The van der Waals surface area contributed by atoms with Crippen LogP contribution in [-0.4, -0.2) is 36.7 Å². The molecule has 2 aromatic rings. The van der Waals surface area contributed by atoms with E-state index in [2.05, 4.69) is 0 Å². The van der Waals surface area contributed by atoms with E-state index in [1.54, 1.807) is 18.2 Å². The van der Waals surface area contributed by atoms with Crippen molar-refractivity contribution in [1.29, 1.82) is 0 Å². The molecule has 4 rings (SSSR count). The van der Waals surface area contributed by atoms with Crippen molar-refractivity contribution in [1.82, 2.24) is 0 Å². The Kier molecular flexibility index (Phi) is 4.16. The summed E-state index contributed by atoms with van der Waals surface area (Å²) < 4.78 is 49.4. The minimum atomic E-state index is -4.43. The number of benzene rings is 2. The van der Waals surface area contributed by atoms with Crippen LogP contribution in [0.1, 0.15) is 11.1 Å². The Hall–Kier alpha value is -2.91. The molecule has 0 saturated carbocycles. The fourth-order valence-electron chi connectivity index (χ4n) is 3.45. The molecule has 1 amide bonds. The molecule has 0 aromatic heterocycles. The standard InChI is InChI=1S/C19H14F3NO5/c20-19(21,22)13-4-1-11(2-5-13)12-3-6-15-14(9-12)18(27-7-8-28-18)17(26)23(15)10-16(24)25/h1-6,9H,7-8,10H2,(H,24,25). The predicted octanol–water partition coefficient (Wildman–Crippen LogP) is 3.00. The molecule has 1 N–H and O–H groups in total. The van der Waals surface area contributed by atoms with Crippen LogP contribution in [0, 0.1) is 0 Å². The molecule has 1 fully saturated rings. The highest BCUT2D eigenvalue weighted by molar-refractivity contribution is 6.08. The number of carbonyl (C=O) groups is 2. The molecular formula is C19H14F3NO5. The van der Waals surface area contributed by atoms with Crippen molar-refractivity contribution in [2.45, 2.75) is 12.0 Å².